The van der Waals surface area contributed by atoms with Crippen LogP contribution < -0.4 is 0 Å². The summed E-state index contributed by atoms with van der Waals surface area (Å²) in [5.74, 6) is 0.700. The lowest BCUT2D eigenvalue weighted by atomic mass is 10.0. The molecule has 0 unspecified atom stereocenters. The van der Waals surface area contributed by atoms with Crippen molar-refractivity contribution in [3.05, 3.63) is 206 Å². The molecule has 0 aliphatic heterocycles. The first-order valence-corrected chi connectivity index (χ1v) is 20.7. The number of furan rings is 1. The molecule has 5 nitrogen and oxygen atoms in total. The van der Waals surface area contributed by atoms with Crippen LogP contribution in [0.2, 0.25) is 0 Å². The second-order valence-electron chi connectivity index (χ2n) is 15.7. The van der Waals surface area contributed by atoms with Crippen LogP contribution in [0.25, 0.3) is 122 Å². The highest BCUT2D eigenvalue weighted by Gasteiger charge is 2.24. The summed E-state index contributed by atoms with van der Waals surface area (Å²) >= 11 is 0. The number of aromatic nitrogens is 4. The molecule has 13 aromatic rings. The Bertz CT molecular complexity index is 3840. The van der Waals surface area contributed by atoms with Crippen LogP contribution in [0.1, 0.15) is 0 Å². The highest BCUT2D eigenvalue weighted by Crippen LogP contribution is 2.46. The van der Waals surface area contributed by atoms with Crippen molar-refractivity contribution in [1.82, 2.24) is 19.1 Å². The van der Waals surface area contributed by atoms with Gasteiger partial charge in [-0.2, -0.15) is 0 Å². The fraction of sp³-hybridized carbons (Fsp3) is 0. The second-order valence-corrected chi connectivity index (χ2v) is 15.7. The molecular formula is C56H34N4O. The van der Waals surface area contributed by atoms with E-state index in [-0.39, 0.29) is 0 Å². The Labute approximate surface area is 350 Å². The van der Waals surface area contributed by atoms with Crippen molar-refractivity contribution in [2.75, 3.05) is 0 Å². The van der Waals surface area contributed by atoms with Gasteiger partial charge < -0.3 is 13.6 Å². The Hall–Kier alpha value is -8.28. The monoisotopic (exact) mass is 778 g/mol. The molecule has 284 valence electrons. The van der Waals surface area contributed by atoms with Crippen molar-refractivity contribution in [3.63, 3.8) is 0 Å². The minimum absolute atomic E-state index is 0.700. The van der Waals surface area contributed by atoms with Crippen LogP contribution in [0, 0.1) is 0 Å². The molecule has 0 amide bonds. The van der Waals surface area contributed by atoms with Gasteiger partial charge in [-0.3, -0.25) is 0 Å². The van der Waals surface area contributed by atoms with E-state index in [9.17, 15) is 0 Å². The summed E-state index contributed by atoms with van der Waals surface area (Å²) in [4.78, 5) is 10.2. The summed E-state index contributed by atoms with van der Waals surface area (Å²) in [6, 6.07) is 73.0. The van der Waals surface area contributed by atoms with E-state index >= 15 is 0 Å². The van der Waals surface area contributed by atoms with Crippen molar-refractivity contribution in [1.29, 1.82) is 0 Å². The summed E-state index contributed by atoms with van der Waals surface area (Å²) < 4.78 is 11.4. The third-order valence-electron chi connectivity index (χ3n) is 12.3. The van der Waals surface area contributed by atoms with E-state index in [4.69, 9.17) is 14.4 Å². The Morgan fingerprint density at radius 1 is 0.328 bits per heavy atom. The van der Waals surface area contributed by atoms with Gasteiger partial charge >= 0.3 is 0 Å². The highest BCUT2D eigenvalue weighted by molar-refractivity contribution is 6.31. The lowest BCUT2D eigenvalue weighted by Crippen LogP contribution is -1.97. The predicted octanol–water partition coefficient (Wildman–Crippen LogP) is 14.7. The third-order valence-corrected chi connectivity index (χ3v) is 12.3. The van der Waals surface area contributed by atoms with Crippen LogP contribution in [-0.2, 0) is 0 Å². The van der Waals surface area contributed by atoms with Crippen LogP contribution in [0.4, 0.5) is 0 Å². The van der Waals surface area contributed by atoms with Gasteiger partial charge in [0, 0.05) is 54.8 Å². The van der Waals surface area contributed by atoms with E-state index in [1.54, 1.807) is 0 Å². The molecule has 0 saturated heterocycles. The quantitative estimate of drug-likeness (QED) is 0.175. The van der Waals surface area contributed by atoms with E-state index in [1.807, 2.05) is 24.3 Å². The number of benzene rings is 9. The van der Waals surface area contributed by atoms with Gasteiger partial charge in [0.05, 0.1) is 38.7 Å². The zero-order valence-electron chi connectivity index (χ0n) is 32.8. The number of nitrogens with zero attached hydrogens (tertiary/aromatic N) is 4. The second kappa shape index (κ2) is 13.1. The summed E-state index contributed by atoms with van der Waals surface area (Å²) in [6.45, 7) is 0. The van der Waals surface area contributed by atoms with Crippen LogP contribution in [0.15, 0.2) is 211 Å². The Morgan fingerprint density at radius 2 is 0.902 bits per heavy atom. The molecule has 61 heavy (non-hydrogen) atoms. The van der Waals surface area contributed by atoms with Crippen molar-refractivity contribution >= 4 is 76.5 Å². The molecule has 5 heteroatoms. The van der Waals surface area contributed by atoms with Gasteiger partial charge in [-0.1, -0.05) is 133 Å². The van der Waals surface area contributed by atoms with E-state index in [1.165, 1.54) is 32.7 Å². The number of para-hydroxylation sites is 3. The Balaban J connectivity index is 1.07. The molecule has 0 aliphatic rings. The molecule has 13 rings (SSSR count). The van der Waals surface area contributed by atoms with E-state index in [2.05, 4.69) is 191 Å². The molecule has 9 aromatic carbocycles. The predicted molar refractivity (Wildman–Crippen MR) is 252 cm³/mol. The molecule has 0 aliphatic carbocycles. The smallest absolute Gasteiger partial charge is 0.160 e. The lowest BCUT2D eigenvalue weighted by Gasteiger charge is -2.12. The first-order valence-electron chi connectivity index (χ1n) is 20.7. The first kappa shape index (κ1) is 33.7. The molecule has 4 heterocycles. The van der Waals surface area contributed by atoms with Gasteiger partial charge in [-0.05, 0) is 83.9 Å². The molecule has 0 bridgehead atoms. The van der Waals surface area contributed by atoms with E-state index in [0.29, 0.717) is 5.82 Å². The first-order chi connectivity index (χ1) is 30.3. The molecule has 0 atom stereocenters. The Kier molecular flexibility index (Phi) is 7.24. The topological polar surface area (TPSA) is 48.8 Å². The van der Waals surface area contributed by atoms with Crippen molar-refractivity contribution in [2.24, 2.45) is 0 Å². The number of hydrogen-bond acceptors (Lipinski definition) is 3. The fourth-order valence-corrected chi connectivity index (χ4v) is 9.60. The number of hydrogen-bond donors (Lipinski definition) is 0. The van der Waals surface area contributed by atoms with Gasteiger partial charge in [-0.25, -0.2) is 9.97 Å². The normalized spacial score (nSPS) is 11.9. The third kappa shape index (κ3) is 5.08. The van der Waals surface area contributed by atoms with Crippen LogP contribution in [0.3, 0.4) is 0 Å². The number of fused-ring (bicyclic) bond motifs is 12. The van der Waals surface area contributed by atoms with Crippen molar-refractivity contribution in [3.8, 4) is 45.1 Å². The molecule has 0 saturated carbocycles. The zero-order chi connectivity index (χ0) is 40.0. The summed E-state index contributed by atoms with van der Waals surface area (Å²) in [5, 5.41) is 8.02. The van der Waals surface area contributed by atoms with Gasteiger partial charge in [0.25, 0.3) is 0 Å². The van der Waals surface area contributed by atoms with Gasteiger partial charge in [0.15, 0.2) is 5.82 Å². The van der Waals surface area contributed by atoms with Crippen LogP contribution in [0.5, 0.6) is 0 Å². The molecule has 4 aromatic heterocycles. The van der Waals surface area contributed by atoms with Gasteiger partial charge in [-0.15, -0.1) is 0 Å². The SMILES string of the molecule is c1ccc(-c2ccc(-n3c4ccc5c6ccccc6n(-c6ccc(-c7nc(-c8ccccc8)c8ccccc8n7)cc6)c5c4c4ccc5oc6ccccc6c5c43)cc2)cc1. The summed E-state index contributed by atoms with van der Waals surface area (Å²) in [7, 11) is 0. The van der Waals surface area contributed by atoms with Crippen LogP contribution in [-0.4, -0.2) is 19.1 Å². The Morgan fingerprint density at radius 3 is 1.67 bits per heavy atom. The highest BCUT2D eigenvalue weighted by atomic mass is 16.3. The van der Waals surface area contributed by atoms with Crippen molar-refractivity contribution in [2.45, 2.75) is 0 Å². The molecule has 0 radical (unpaired) electrons. The molecule has 0 N–H and O–H groups in total. The zero-order valence-corrected chi connectivity index (χ0v) is 32.8. The maximum absolute atomic E-state index is 6.53. The van der Waals surface area contributed by atoms with E-state index < -0.39 is 0 Å². The van der Waals surface area contributed by atoms with Crippen molar-refractivity contribution < 1.29 is 4.42 Å². The van der Waals surface area contributed by atoms with Gasteiger partial charge in [0.1, 0.15) is 11.2 Å². The van der Waals surface area contributed by atoms with Crippen LogP contribution >= 0.6 is 0 Å². The lowest BCUT2D eigenvalue weighted by molar-refractivity contribution is 0.669. The minimum atomic E-state index is 0.700. The largest absolute Gasteiger partial charge is 0.456 e. The molecule has 0 spiro atoms. The standard InChI is InChI=1S/C56H34N4O/c1-3-13-35(14-4-1)36-23-27-40(28-24-36)60-48-33-31-42-41-17-8-11-21-47(41)59(54(42)51(48)45-32-34-50-52(55(45)60)44-19-9-12-22-49(44)61-50)39-29-25-38(26-30-39)56-57-46-20-10-7-18-43(46)53(58-56)37-15-5-2-6-16-37/h1-34H. The van der Waals surface area contributed by atoms with Gasteiger partial charge in [0.2, 0.25) is 0 Å². The number of rotatable bonds is 5. The fourth-order valence-electron chi connectivity index (χ4n) is 9.60. The average Bonchev–Trinajstić information content (AvgIpc) is 3.99. The maximum atomic E-state index is 6.53. The molecule has 0 fully saturated rings. The molecular weight excluding hydrogens is 745 g/mol. The maximum Gasteiger partial charge on any atom is 0.160 e. The average molecular weight is 779 g/mol. The summed E-state index contributed by atoms with van der Waals surface area (Å²) in [6.07, 6.45) is 0. The van der Waals surface area contributed by atoms with E-state index in [0.717, 1.165) is 83.1 Å². The minimum Gasteiger partial charge on any atom is -0.456 e. The summed E-state index contributed by atoms with van der Waals surface area (Å²) in [5.41, 5.74) is 14.7.